The van der Waals surface area contributed by atoms with E-state index in [0.717, 1.165) is 31.3 Å². The average molecular weight is 573 g/mol. The molecule has 2 aliphatic carbocycles. The predicted molar refractivity (Wildman–Crippen MR) is 156 cm³/mol. The predicted octanol–water partition coefficient (Wildman–Crippen LogP) is 5.32. The van der Waals surface area contributed by atoms with Crippen molar-refractivity contribution in [2.24, 2.45) is 22.7 Å². The van der Waals surface area contributed by atoms with Crippen molar-refractivity contribution in [1.29, 1.82) is 0 Å². The number of rotatable bonds is 13. The van der Waals surface area contributed by atoms with Gasteiger partial charge in [0.1, 0.15) is 12.2 Å². The van der Waals surface area contributed by atoms with Gasteiger partial charge in [0.15, 0.2) is 6.29 Å². The summed E-state index contributed by atoms with van der Waals surface area (Å²) in [7, 11) is 1.45. The fourth-order valence-electron chi connectivity index (χ4n) is 7.06. The molecule has 1 spiro atoms. The fraction of sp³-hybridized carbons (Fsp3) is 0.636. The minimum Gasteiger partial charge on any atom is -0.456 e. The number of carbonyl (C=O) groups excluding carboxylic acids is 2. The number of aliphatic hydroxyl groups is 2. The number of carbonyl (C=O) groups is 2. The molecule has 1 saturated heterocycles. The molecule has 9 atom stereocenters. The van der Waals surface area contributed by atoms with Gasteiger partial charge in [-0.15, -0.1) is 0 Å². The second kappa shape index (κ2) is 14.1. The Balaban J connectivity index is 2.05. The van der Waals surface area contributed by atoms with Crippen LogP contribution in [0.25, 0.3) is 0 Å². The Labute approximate surface area is 244 Å². The summed E-state index contributed by atoms with van der Waals surface area (Å²) in [5.41, 5.74) is -0.572. The van der Waals surface area contributed by atoms with Crippen LogP contribution in [-0.4, -0.2) is 60.2 Å². The van der Waals surface area contributed by atoms with Gasteiger partial charge in [-0.05, 0) is 49.0 Å². The normalized spacial score (nSPS) is 36.5. The lowest BCUT2D eigenvalue weighted by Gasteiger charge is -2.62. The van der Waals surface area contributed by atoms with Gasteiger partial charge < -0.3 is 29.2 Å². The molecule has 0 aromatic heterocycles. The van der Waals surface area contributed by atoms with E-state index in [1.807, 2.05) is 19.1 Å². The zero-order chi connectivity index (χ0) is 30.4. The van der Waals surface area contributed by atoms with Crippen LogP contribution in [0.2, 0.25) is 0 Å². The SMILES string of the molecule is C=CC(=C)CC[C@]1(C)[C@H](C)[C@@H](OC(=O)C=C/C=C/CCCCC)[C@H](O)[C@@]23C(=C[C@H](O)C[C@@H]12)[C@@H](OC)O[C@@H]3OC(C)=O. The van der Waals surface area contributed by atoms with Crippen molar-refractivity contribution in [1.82, 2.24) is 0 Å². The molecule has 8 heteroatoms. The van der Waals surface area contributed by atoms with Crippen LogP contribution >= 0.6 is 0 Å². The molecule has 2 fully saturated rings. The van der Waals surface area contributed by atoms with Gasteiger partial charge in [0.05, 0.1) is 11.5 Å². The highest BCUT2D eigenvalue weighted by Crippen LogP contribution is 2.67. The van der Waals surface area contributed by atoms with Crippen LogP contribution in [0.15, 0.2) is 60.8 Å². The number of unbranched alkanes of at least 4 members (excludes halogenated alkanes) is 3. The molecule has 0 aromatic rings. The first-order chi connectivity index (χ1) is 19.5. The quantitative estimate of drug-likeness (QED) is 0.100. The third-order valence-electron chi connectivity index (χ3n) is 9.41. The number of hydrogen-bond donors (Lipinski definition) is 2. The Morgan fingerprint density at radius 3 is 2.59 bits per heavy atom. The van der Waals surface area contributed by atoms with E-state index in [0.29, 0.717) is 24.8 Å². The highest BCUT2D eigenvalue weighted by atomic mass is 16.8. The minimum atomic E-state index is -1.31. The molecule has 41 heavy (non-hydrogen) atoms. The monoisotopic (exact) mass is 572 g/mol. The van der Waals surface area contributed by atoms with Crippen LogP contribution in [0.5, 0.6) is 0 Å². The molecule has 3 aliphatic rings. The number of hydrogen-bond acceptors (Lipinski definition) is 8. The molecule has 8 nitrogen and oxygen atoms in total. The lowest BCUT2D eigenvalue weighted by Crippen LogP contribution is -2.68. The summed E-state index contributed by atoms with van der Waals surface area (Å²) in [6.07, 6.45) is 10.7. The van der Waals surface area contributed by atoms with E-state index in [4.69, 9.17) is 18.9 Å². The van der Waals surface area contributed by atoms with Gasteiger partial charge in [-0.2, -0.15) is 0 Å². The van der Waals surface area contributed by atoms with Crippen LogP contribution in [0, 0.1) is 22.7 Å². The Hall–Kier alpha value is -2.52. The second-order valence-corrected chi connectivity index (χ2v) is 11.8. The summed E-state index contributed by atoms with van der Waals surface area (Å²) < 4.78 is 23.4. The van der Waals surface area contributed by atoms with Crippen LogP contribution in [0.4, 0.5) is 0 Å². The topological polar surface area (TPSA) is 112 Å². The molecule has 2 N–H and O–H groups in total. The van der Waals surface area contributed by atoms with Crippen LogP contribution < -0.4 is 0 Å². The lowest BCUT2D eigenvalue weighted by atomic mass is 9.44. The molecule has 1 saturated carbocycles. The molecule has 1 heterocycles. The molecule has 0 unspecified atom stereocenters. The smallest absolute Gasteiger partial charge is 0.331 e. The van der Waals surface area contributed by atoms with Gasteiger partial charge in [0.25, 0.3) is 0 Å². The van der Waals surface area contributed by atoms with Crippen molar-refractivity contribution in [3.8, 4) is 0 Å². The van der Waals surface area contributed by atoms with Crippen LogP contribution in [0.1, 0.15) is 72.6 Å². The zero-order valence-corrected chi connectivity index (χ0v) is 25.2. The molecular formula is C33H48O8. The van der Waals surface area contributed by atoms with Gasteiger partial charge in [0, 0.05) is 26.0 Å². The van der Waals surface area contributed by atoms with Crippen molar-refractivity contribution >= 4 is 11.9 Å². The first-order valence-corrected chi connectivity index (χ1v) is 14.7. The van der Waals surface area contributed by atoms with Crippen molar-refractivity contribution in [2.45, 2.75) is 104 Å². The minimum absolute atomic E-state index is 0.295. The molecule has 0 bridgehead atoms. The molecule has 0 amide bonds. The standard InChI is InChI=1S/C33H48O8/c1-8-10-11-12-13-14-15-16-27(36)40-28-22(4)32(6,18-17-21(3)9-2)26-20-24(35)19-25-30(38-7)41-31(39-23(5)34)33(25,26)29(28)37/h9,13-16,19,22,24,26,28-31,35,37H,2-3,8,10-12,17-18,20H2,1,4-7H3/b14-13+,16-15?/t22-,24+,26+,28-,29+,30+,31+,32-,33-/m1/s1. The number of ether oxygens (including phenoxy) is 4. The van der Waals surface area contributed by atoms with Crippen LogP contribution in [-0.2, 0) is 28.5 Å². The van der Waals surface area contributed by atoms with Gasteiger partial charge in [-0.1, -0.05) is 82.7 Å². The largest absolute Gasteiger partial charge is 0.456 e. The van der Waals surface area contributed by atoms with Gasteiger partial charge >= 0.3 is 11.9 Å². The van der Waals surface area contributed by atoms with Gasteiger partial charge in [0.2, 0.25) is 6.29 Å². The Kier molecular flexibility index (Phi) is 11.3. The fourth-order valence-corrected chi connectivity index (χ4v) is 7.06. The van der Waals surface area contributed by atoms with Crippen molar-refractivity contribution in [3.63, 3.8) is 0 Å². The molecule has 228 valence electrons. The molecule has 1 aliphatic heterocycles. The summed E-state index contributed by atoms with van der Waals surface area (Å²) >= 11 is 0. The third kappa shape index (κ3) is 6.61. The summed E-state index contributed by atoms with van der Waals surface area (Å²) in [4.78, 5) is 25.3. The highest BCUT2D eigenvalue weighted by molar-refractivity contribution is 5.82. The summed E-state index contributed by atoms with van der Waals surface area (Å²) in [5.74, 6) is -1.91. The van der Waals surface area contributed by atoms with Crippen LogP contribution in [0.3, 0.4) is 0 Å². The number of esters is 2. The Morgan fingerprint density at radius 2 is 1.95 bits per heavy atom. The van der Waals surface area contributed by atoms with E-state index >= 15 is 0 Å². The number of allylic oxidation sites excluding steroid dienone is 5. The van der Waals surface area contributed by atoms with E-state index < -0.39 is 59.6 Å². The third-order valence-corrected chi connectivity index (χ3v) is 9.41. The summed E-state index contributed by atoms with van der Waals surface area (Å²) in [5, 5.41) is 23.2. The first kappa shape index (κ1) is 33.0. The highest BCUT2D eigenvalue weighted by Gasteiger charge is 2.73. The maximum atomic E-state index is 13.1. The van der Waals surface area contributed by atoms with E-state index in [1.54, 1.807) is 18.2 Å². The lowest BCUT2D eigenvalue weighted by molar-refractivity contribution is -0.276. The molecule has 3 rings (SSSR count). The zero-order valence-electron chi connectivity index (χ0n) is 25.2. The second-order valence-electron chi connectivity index (χ2n) is 11.8. The summed E-state index contributed by atoms with van der Waals surface area (Å²) in [6.45, 7) is 15.4. The van der Waals surface area contributed by atoms with Gasteiger partial charge in [-0.25, -0.2) is 4.79 Å². The molecule has 0 radical (unpaired) electrons. The average Bonchev–Trinajstić information content (AvgIpc) is 3.24. The maximum absolute atomic E-state index is 13.1. The van der Waals surface area contributed by atoms with E-state index in [9.17, 15) is 19.8 Å². The van der Waals surface area contributed by atoms with Gasteiger partial charge in [-0.3, -0.25) is 4.79 Å². The summed E-state index contributed by atoms with van der Waals surface area (Å²) in [6, 6.07) is 0. The van der Waals surface area contributed by atoms with E-state index in [-0.39, 0.29) is 5.92 Å². The van der Waals surface area contributed by atoms with Crippen molar-refractivity contribution in [3.05, 3.63) is 60.8 Å². The molecular weight excluding hydrogens is 524 g/mol. The van der Waals surface area contributed by atoms with Crippen molar-refractivity contribution < 1.29 is 38.7 Å². The van der Waals surface area contributed by atoms with E-state index in [1.165, 1.54) is 20.1 Å². The maximum Gasteiger partial charge on any atom is 0.331 e. The Bertz CT molecular complexity index is 1060. The molecule has 0 aromatic carbocycles. The number of aliphatic hydroxyl groups excluding tert-OH is 2. The number of methoxy groups -OCH3 is 1. The van der Waals surface area contributed by atoms with E-state index in [2.05, 4.69) is 27.0 Å². The Morgan fingerprint density at radius 1 is 1.22 bits per heavy atom. The first-order valence-electron chi connectivity index (χ1n) is 14.7. The van der Waals surface area contributed by atoms with Crippen molar-refractivity contribution in [2.75, 3.05) is 7.11 Å².